The first-order valence-corrected chi connectivity index (χ1v) is 6.13. The molecule has 0 aliphatic heterocycles. The lowest BCUT2D eigenvalue weighted by atomic mass is 10.3. The average Bonchev–Trinajstić information content (AvgIpc) is 2.27. The van der Waals surface area contributed by atoms with Crippen LogP contribution in [0.3, 0.4) is 0 Å². The summed E-state index contributed by atoms with van der Waals surface area (Å²) in [7, 11) is 2.14. The zero-order chi connectivity index (χ0) is 11.8. The minimum atomic E-state index is 0.926. The number of hydrogen-bond donors (Lipinski definition) is 1. The Kier molecular flexibility index (Phi) is 5.86. The van der Waals surface area contributed by atoms with E-state index in [9.17, 15) is 0 Å². The predicted molar refractivity (Wildman–Crippen MR) is 69.6 cm³/mol. The van der Waals surface area contributed by atoms with E-state index in [1.54, 1.807) is 0 Å². The zero-order valence-electron chi connectivity index (χ0n) is 10.7. The highest BCUT2D eigenvalue weighted by Crippen LogP contribution is 2.09. The second-order valence-electron chi connectivity index (χ2n) is 4.20. The largest absolute Gasteiger partial charge is 0.385 e. The third-order valence-corrected chi connectivity index (χ3v) is 2.43. The Bertz CT molecular complexity index is 299. The molecule has 16 heavy (non-hydrogen) atoms. The van der Waals surface area contributed by atoms with E-state index in [-0.39, 0.29) is 0 Å². The molecule has 0 fully saturated rings. The average molecular weight is 221 g/mol. The van der Waals surface area contributed by atoms with Crippen LogP contribution in [0.5, 0.6) is 0 Å². The molecule has 1 rings (SSSR count). The van der Waals surface area contributed by atoms with Crippen LogP contribution in [0.15, 0.2) is 18.3 Å². The summed E-state index contributed by atoms with van der Waals surface area (Å²) in [6, 6.07) is 4.17. The summed E-state index contributed by atoms with van der Waals surface area (Å²) in [5.74, 6) is 0. The van der Waals surface area contributed by atoms with Crippen molar-refractivity contribution in [1.29, 1.82) is 0 Å². The van der Waals surface area contributed by atoms with Crippen molar-refractivity contribution >= 4 is 5.69 Å². The van der Waals surface area contributed by atoms with Gasteiger partial charge < -0.3 is 10.2 Å². The Morgan fingerprint density at radius 2 is 2.12 bits per heavy atom. The van der Waals surface area contributed by atoms with Crippen LogP contribution < -0.4 is 5.32 Å². The van der Waals surface area contributed by atoms with Crippen LogP contribution in [-0.2, 0) is 6.54 Å². The number of rotatable bonds is 7. The molecule has 0 aliphatic rings. The van der Waals surface area contributed by atoms with Gasteiger partial charge in [-0.3, -0.25) is 4.98 Å². The molecular formula is C13H23N3. The third-order valence-electron chi connectivity index (χ3n) is 2.43. The van der Waals surface area contributed by atoms with Crippen LogP contribution in [0.2, 0.25) is 0 Å². The standard InChI is InChI=1S/C13H23N3/c1-4-7-14-12-6-8-15-13(10-12)11-16(3)9-5-2/h6,8,10H,4-5,7,9,11H2,1-3H3,(H,14,15). The van der Waals surface area contributed by atoms with Gasteiger partial charge in [0, 0.05) is 25.0 Å². The lowest BCUT2D eigenvalue weighted by Crippen LogP contribution is -2.19. The fourth-order valence-electron chi connectivity index (χ4n) is 1.68. The lowest BCUT2D eigenvalue weighted by Gasteiger charge is -2.15. The van der Waals surface area contributed by atoms with Crippen molar-refractivity contribution in [2.24, 2.45) is 0 Å². The Hall–Kier alpha value is -1.09. The number of pyridine rings is 1. The van der Waals surface area contributed by atoms with Crippen LogP contribution in [0.1, 0.15) is 32.4 Å². The molecule has 0 atom stereocenters. The van der Waals surface area contributed by atoms with Gasteiger partial charge in [0.1, 0.15) is 0 Å². The highest BCUT2D eigenvalue weighted by molar-refractivity contribution is 5.43. The summed E-state index contributed by atoms with van der Waals surface area (Å²) in [4.78, 5) is 6.69. The van der Waals surface area contributed by atoms with Gasteiger partial charge in [-0.15, -0.1) is 0 Å². The van der Waals surface area contributed by atoms with E-state index in [0.717, 1.165) is 31.7 Å². The maximum atomic E-state index is 4.39. The van der Waals surface area contributed by atoms with Crippen LogP contribution >= 0.6 is 0 Å². The molecule has 0 aliphatic carbocycles. The molecule has 1 aromatic heterocycles. The first-order valence-electron chi connectivity index (χ1n) is 6.13. The molecule has 1 N–H and O–H groups in total. The van der Waals surface area contributed by atoms with Gasteiger partial charge in [0.25, 0.3) is 0 Å². The number of nitrogens with zero attached hydrogens (tertiary/aromatic N) is 2. The fourth-order valence-corrected chi connectivity index (χ4v) is 1.68. The molecule has 0 radical (unpaired) electrons. The van der Waals surface area contributed by atoms with E-state index < -0.39 is 0 Å². The van der Waals surface area contributed by atoms with E-state index >= 15 is 0 Å². The molecule has 0 amide bonds. The van der Waals surface area contributed by atoms with Crippen LogP contribution in [0, 0.1) is 0 Å². The Morgan fingerprint density at radius 1 is 1.31 bits per heavy atom. The molecule has 0 unspecified atom stereocenters. The topological polar surface area (TPSA) is 28.2 Å². The molecule has 0 saturated carbocycles. The zero-order valence-corrected chi connectivity index (χ0v) is 10.7. The number of nitrogens with one attached hydrogen (secondary N) is 1. The van der Waals surface area contributed by atoms with Crippen molar-refractivity contribution < 1.29 is 0 Å². The summed E-state index contributed by atoms with van der Waals surface area (Å²) >= 11 is 0. The summed E-state index contributed by atoms with van der Waals surface area (Å²) in [5, 5.41) is 3.38. The molecule has 0 saturated heterocycles. The SMILES string of the molecule is CCCNc1ccnc(CN(C)CCC)c1. The minimum absolute atomic E-state index is 0.926. The van der Waals surface area contributed by atoms with Crippen LogP contribution in [-0.4, -0.2) is 30.0 Å². The van der Waals surface area contributed by atoms with Crippen molar-refractivity contribution in [3.63, 3.8) is 0 Å². The number of anilines is 1. The van der Waals surface area contributed by atoms with Gasteiger partial charge in [-0.1, -0.05) is 13.8 Å². The van der Waals surface area contributed by atoms with Crippen LogP contribution in [0.4, 0.5) is 5.69 Å². The van der Waals surface area contributed by atoms with Crippen LogP contribution in [0.25, 0.3) is 0 Å². The molecule has 0 spiro atoms. The van der Waals surface area contributed by atoms with Gasteiger partial charge >= 0.3 is 0 Å². The first-order chi connectivity index (χ1) is 7.76. The van der Waals surface area contributed by atoms with Gasteiger partial charge in [0.2, 0.25) is 0 Å². The lowest BCUT2D eigenvalue weighted by molar-refractivity contribution is 0.323. The highest BCUT2D eigenvalue weighted by Gasteiger charge is 2.01. The molecule has 3 heteroatoms. The predicted octanol–water partition coefficient (Wildman–Crippen LogP) is 2.75. The molecule has 0 bridgehead atoms. The van der Waals surface area contributed by atoms with E-state index in [0.29, 0.717) is 0 Å². The molecule has 0 aromatic carbocycles. The Morgan fingerprint density at radius 3 is 2.81 bits per heavy atom. The minimum Gasteiger partial charge on any atom is -0.385 e. The Balaban J connectivity index is 2.52. The van der Waals surface area contributed by atoms with E-state index in [2.05, 4.69) is 42.2 Å². The Labute approximate surface area is 98.9 Å². The van der Waals surface area contributed by atoms with Gasteiger partial charge in [-0.25, -0.2) is 0 Å². The molecule has 1 aromatic rings. The maximum Gasteiger partial charge on any atom is 0.0564 e. The monoisotopic (exact) mass is 221 g/mol. The van der Waals surface area contributed by atoms with Crippen molar-refractivity contribution in [1.82, 2.24) is 9.88 Å². The summed E-state index contributed by atoms with van der Waals surface area (Å²) in [6.45, 7) is 7.44. The van der Waals surface area contributed by atoms with Gasteiger partial charge in [0.15, 0.2) is 0 Å². The van der Waals surface area contributed by atoms with E-state index in [1.807, 2.05) is 12.3 Å². The fraction of sp³-hybridized carbons (Fsp3) is 0.615. The first kappa shape index (κ1) is 13.0. The summed E-state index contributed by atoms with van der Waals surface area (Å²) in [6.07, 6.45) is 4.21. The van der Waals surface area contributed by atoms with Gasteiger partial charge in [-0.2, -0.15) is 0 Å². The number of aromatic nitrogens is 1. The van der Waals surface area contributed by atoms with E-state index in [1.165, 1.54) is 12.1 Å². The molecular weight excluding hydrogens is 198 g/mol. The molecule has 90 valence electrons. The molecule has 1 heterocycles. The van der Waals surface area contributed by atoms with Crippen molar-refractivity contribution in [2.75, 3.05) is 25.5 Å². The molecule has 3 nitrogen and oxygen atoms in total. The second kappa shape index (κ2) is 7.23. The highest BCUT2D eigenvalue weighted by atomic mass is 15.1. The quantitative estimate of drug-likeness (QED) is 0.767. The summed E-state index contributed by atoms with van der Waals surface area (Å²) < 4.78 is 0. The van der Waals surface area contributed by atoms with Crippen molar-refractivity contribution in [2.45, 2.75) is 33.2 Å². The van der Waals surface area contributed by atoms with Crippen molar-refractivity contribution in [3.8, 4) is 0 Å². The van der Waals surface area contributed by atoms with Crippen molar-refractivity contribution in [3.05, 3.63) is 24.0 Å². The smallest absolute Gasteiger partial charge is 0.0564 e. The van der Waals surface area contributed by atoms with E-state index in [4.69, 9.17) is 0 Å². The second-order valence-corrected chi connectivity index (χ2v) is 4.20. The van der Waals surface area contributed by atoms with Gasteiger partial charge in [0.05, 0.1) is 5.69 Å². The third kappa shape index (κ3) is 4.62. The van der Waals surface area contributed by atoms with Gasteiger partial charge in [-0.05, 0) is 38.6 Å². The number of hydrogen-bond acceptors (Lipinski definition) is 3. The maximum absolute atomic E-state index is 4.39. The summed E-state index contributed by atoms with van der Waals surface area (Å²) in [5.41, 5.74) is 2.31. The normalized spacial score (nSPS) is 10.8.